The van der Waals surface area contributed by atoms with E-state index in [1.807, 2.05) is 6.08 Å². The Morgan fingerprint density at radius 3 is 2.90 bits per heavy atom. The summed E-state index contributed by atoms with van der Waals surface area (Å²) in [6.07, 6.45) is 6.07. The van der Waals surface area contributed by atoms with Crippen molar-refractivity contribution in [3.8, 4) is 0 Å². The van der Waals surface area contributed by atoms with Gasteiger partial charge in [0.1, 0.15) is 10.7 Å². The molecule has 20 heavy (non-hydrogen) atoms. The van der Waals surface area contributed by atoms with Crippen LogP contribution in [0, 0.1) is 0 Å². The number of allylic oxidation sites excluding steroid dienone is 1. The molecular weight excluding hydrogens is 272 g/mol. The molecule has 1 saturated heterocycles. The second-order valence-corrected chi connectivity index (χ2v) is 6.04. The predicted octanol–water partition coefficient (Wildman–Crippen LogP) is 2.36. The molecule has 1 aromatic heterocycles. The molecule has 0 atom stereocenters. The summed E-state index contributed by atoms with van der Waals surface area (Å²) in [5.41, 5.74) is 5.91. The highest BCUT2D eigenvalue weighted by Crippen LogP contribution is 2.31. The topological polar surface area (TPSA) is 62.5 Å². The van der Waals surface area contributed by atoms with Crippen molar-refractivity contribution < 1.29 is 4.79 Å². The number of nitrogen functional groups attached to an aromatic ring is 1. The second-order valence-electron chi connectivity index (χ2n) is 5.06. The molecule has 2 rings (SSSR count). The molecular formula is C14H22N4OS. The average molecular weight is 294 g/mol. The highest BCUT2D eigenvalue weighted by Gasteiger charge is 2.23. The summed E-state index contributed by atoms with van der Waals surface area (Å²) in [5, 5.41) is 0.878. The van der Waals surface area contributed by atoms with E-state index in [9.17, 15) is 4.79 Å². The number of nitrogens with two attached hydrogens (primary N) is 1. The van der Waals surface area contributed by atoms with Gasteiger partial charge in [-0.3, -0.25) is 4.79 Å². The summed E-state index contributed by atoms with van der Waals surface area (Å²) in [4.78, 5) is 21.2. The molecule has 0 aromatic carbocycles. The molecule has 0 bridgehead atoms. The summed E-state index contributed by atoms with van der Waals surface area (Å²) in [6.45, 7) is 6.41. The van der Waals surface area contributed by atoms with Crippen LogP contribution >= 0.6 is 11.3 Å². The normalized spacial score (nSPS) is 14.6. The van der Waals surface area contributed by atoms with Crippen LogP contribution < -0.4 is 10.6 Å². The fraction of sp³-hybridized carbons (Fsp3) is 0.571. The van der Waals surface area contributed by atoms with Gasteiger partial charge in [0.05, 0.1) is 0 Å². The summed E-state index contributed by atoms with van der Waals surface area (Å²) in [6, 6.07) is 0. The molecule has 0 aliphatic carbocycles. The third-order valence-corrected chi connectivity index (χ3v) is 4.58. The van der Waals surface area contributed by atoms with Crippen molar-refractivity contribution in [1.29, 1.82) is 0 Å². The zero-order valence-corrected chi connectivity index (χ0v) is 12.8. The molecule has 6 heteroatoms. The van der Waals surface area contributed by atoms with Crippen LogP contribution in [-0.4, -0.2) is 42.5 Å². The summed E-state index contributed by atoms with van der Waals surface area (Å²) in [5.74, 6) is 0.326. The molecule has 1 aliphatic heterocycles. The van der Waals surface area contributed by atoms with Gasteiger partial charge in [-0.1, -0.05) is 17.4 Å². The van der Waals surface area contributed by atoms with Gasteiger partial charge in [0, 0.05) is 26.7 Å². The number of unbranched alkanes of at least 4 members (excludes halogenated alkanes) is 1. The number of anilines is 2. The molecule has 2 heterocycles. The largest absolute Gasteiger partial charge is 0.382 e. The lowest BCUT2D eigenvalue weighted by atomic mass is 10.3. The van der Waals surface area contributed by atoms with E-state index < -0.39 is 0 Å². The Morgan fingerprint density at radius 1 is 1.55 bits per heavy atom. The van der Waals surface area contributed by atoms with Crippen molar-refractivity contribution in [2.75, 3.05) is 37.3 Å². The lowest BCUT2D eigenvalue weighted by Gasteiger charge is -2.15. The van der Waals surface area contributed by atoms with Crippen molar-refractivity contribution in [2.24, 2.45) is 0 Å². The van der Waals surface area contributed by atoms with Crippen LogP contribution in [0.25, 0.3) is 0 Å². The molecule has 0 spiro atoms. The Balaban J connectivity index is 2.03. The Kier molecular flexibility index (Phi) is 5.00. The first kappa shape index (κ1) is 14.8. The zero-order chi connectivity index (χ0) is 14.5. The van der Waals surface area contributed by atoms with Gasteiger partial charge in [-0.05, 0) is 25.7 Å². The van der Waals surface area contributed by atoms with E-state index in [4.69, 9.17) is 5.73 Å². The number of carbonyl (C=O) groups excluding carboxylic acids is 1. The van der Waals surface area contributed by atoms with Crippen molar-refractivity contribution in [2.45, 2.75) is 25.7 Å². The quantitative estimate of drug-likeness (QED) is 0.646. The third-order valence-electron chi connectivity index (χ3n) is 3.46. The van der Waals surface area contributed by atoms with Crippen LogP contribution in [0.4, 0.5) is 10.9 Å². The molecule has 1 fully saturated rings. The molecule has 1 aliphatic rings. The minimum atomic E-state index is -0.0329. The smallest absolute Gasteiger partial charge is 0.267 e. The zero-order valence-electron chi connectivity index (χ0n) is 12.0. The number of hydrogen-bond acceptors (Lipinski definition) is 5. The SMILES string of the molecule is C=CCCCN(C)C(=O)c1sc(N2CCCC2)nc1N. The van der Waals surface area contributed by atoms with E-state index in [1.165, 1.54) is 24.2 Å². The Morgan fingerprint density at radius 2 is 2.25 bits per heavy atom. The summed E-state index contributed by atoms with van der Waals surface area (Å²) >= 11 is 1.41. The molecule has 110 valence electrons. The average Bonchev–Trinajstić information content (AvgIpc) is 3.07. The maximum absolute atomic E-state index is 12.4. The number of carbonyl (C=O) groups is 1. The van der Waals surface area contributed by atoms with Crippen LogP contribution in [0.15, 0.2) is 12.7 Å². The van der Waals surface area contributed by atoms with Gasteiger partial charge in [0.2, 0.25) is 0 Å². The van der Waals surface area contributed by atoms with E-state index in [2.05, 4.69) is 16.5 Å². The number of amides is 1. The predicted molar refractivity (Wildman–Crippen MR) is 84.4 cm³/mol. The lowest BCUT2D eigenvalue weighted by molar-refractivity contribution is 0.0799. The van der Waals surface area contributed by atoms with E-state index >= 15 is 0 Å². The van der Waals surface area contributed by atoms with Gasteiger partial charge in [-0.25, -0.2) is 4.98 Å². The van der Waals surface area contributed by atoms with Gasteiger partial charge < -0.3 is 15.5 Å². The summed E-state index contributed by atoms with van der Waals surface area (Å²) in [7, 11) is 1.81. The molecule has 0 unspecified atom stereocenters. The highest BCUT2D eigenvalue weighted by molar-refractivity contribution is 7.18. The van der Waals surface area contributed by atoms with Crippen LogP contribution in [0.3, 0.4) is 0 Å². The van der Waals surface area contributed by atoms with E-state index in [-0.39, 0.29) is 5.91 Å². The molecule has 0 radical (unpaired) electrons. The first-order valence-electron chi connectivity index (χ1n) is 7.01. The standard InChI is InChI=1S/C14H22N4OS/c1-3-4-5-8-17(2)13(19)11-12(15)16-14(20-11)18-9-6-7-10-18/h3H,1,4-10,15H2,2H3. The number of thiazole rings is 1. The lowest BCUT2D eigenvalue weighted by Crippen LogP contribution is -2.27. The number of nitrogens with zero attached hydrogens (tertiary/aromatic N) is 3. The third kappa shape index (κ3) is 3.30. The fourth-order valence-corrected chi connectivity index (χ4v) is 3.30. The highest BCUT2D eigenvalue weighted by atomic mass is 32.1. The molecule has 2 N–H and O–H groups in total. The maximum atomic E-state index is 12.4. The minimum absolute atomic E-state index is 0.0329. The minimum Gasteiger partial charge on any atom is -0.382 e. The monoisotopic (exact) mass is 294 g/mol. The molecule has 1 amide bonds. The molecule has 1 aromatic rings. The van der Waals surface area contributed by atoms with E-state index in [0.29, 0.717) is 17.2 Å². The second kappa shape index (κ2) is 6.74. The maximum Gasteiger partial charge on any atom is 0.267 e. The van der Waals surface area contributed by atoms with E-state index in [1.54, 1.807) is 11.9 Å². The van der Waals surface area contributed by atoms with Gasteiger partial charge in [0.15, 0.2) is 5.13 Å². The van der Waals surface area contributed by atoms with Crippen molar-refractivity contribution in [1.82, 2.24) is 9.88 Å². The fourth-order valence-electron chi connectivity index (χ4n) is 2.26. The first-order chi connectivity index (χ1) is 9.63. The number of aromatic nitrogens is 1. The summed E-state index contributed by atoms with van der Waals surface area (Å²) < 4.78 is 0. The number of rotatable bonds is 6. The Labute approximate surface area is 124 Å². The molecule has 0 saturated carbocycles. The molecule has 5 nitrogen and oxygen atoms in total. The number of hydrogen-bond donors (Lipinski definition) is 1. The van der Waals surface area contributed by atoms with Gasteiger partial charge in [-0.2, -0.15) is 0 Å². The van der Waals surface area contributed by atoms with Crippen LogP contribution in [-0.2, 0) is 0 Å². The van der Waals surface area contributed by atoms with E-state index in [0.717, 1.165) is 31.1 Å². The van der Waals surface area contributed by atoms with Crippen LogP contribution in [0.1, 0.15) is 35.4 Å². The van der Waals surface area contributed by atoms with Gasteiger partial charge >= 0.3 is 0 Å². The van der Waals surface area contributed by atoms with Gasteiger partial charge in [0.25, 0.3) is 5.91 Å². The van der Waals surface area contributed by atoms with Crippen molar-refractivity contribution in [3.63, 3.8) is 0 Å². The Bertz CT molecular complexity index is 480. The Hall–Kier alpha value is -1.56. The van der Waals surface area contributed by atoms with Crippen molar-refractivity contribution >= 4 is 28.2 Å². The van der Waals surface area contributed by atoms with Gasteiger partial charge in [-0.15, -0.1) is 6.58 Å². The van der Waals surface area contributed by atoms with Crippen molar-refractivity contribution in [3.05, 3.63) is 17.5 Å². The van der Waals surface area contributed by atoms with Crippen LogP contribution in [0.2, 0.25) is 0 Å². The van der Waals surface area contributed by atoms with Crippen LogP contribution in [0.5, 0.6) is 0 Å². The first-order valence-corrected chi connectivity index (χ1v) is 7.82.